The second kappa shape index (κ2) is 8.44. The van der Waals surface area contributed by atoms with Gasteiger partial charge in [-0.2, -0.15) is 0 Å². The summed E-state index contributed by atoms with van der Waals surface area (Å²) in [5.74, 6) is -0.247. The van der Waals surface area contributed by atoms with Gasteiger partial charge in [-0.1, -0.05) is 41.4 Å². The fourth-order valence-electron chi connectivity index (χ4n) is 3.09. The average Bonchev–Trinajstić information content (AvgIpc) is 2.75. The molecule has 0 spiro atoms. The van der Waals surface area contributed by atoms with Crippen LogP contribution in [-0.4, -0.2) is 15.5 Å². The summed E-state index contributed by atoms with van der Waals surface area (Å²) in [6, 6.07) is 19.0. The van der Waals surface area contributed by atoms with E-state index in [1.54, 1.807) is 60.7 Å². The van der Waals surface area contributed by atoms with Gasteiger partial charge in [0.15, 0.2) is 4.77 Å². The first-order chi connectivity index (χ1) is 14.4. The second-order valence-corrected chi connectivity index (χ2v) is 7.80. The number of nitrogens with one attached hydrogen (secondary N) is 2. The number of carbonyl (C=O) groups is 1. The number of carbonyl (C=O) groups excluding carboxylic acids is 1. The van der Waals surface area contributed by atoms with E-state index in [1.807, 2.05) is 6.07 Å². The minimum Gasteiger partial charge on any atom is -0.348 e. The number of hydrogen-bond acceptors (Lipinski definition) is 3. The maximum absolute atomic E-state index is 12.9. The third kappa shape index (κ3) is 4.03. The van der Waals surface area contributed by atoms with Crippen LogP contribution in [0.4, 0.5) is 0 Å². The van der Waals surface area contributed by atoms with Crippen LogP contribution in [0.3, 0.4) is 0 Å². The third-order valence-electron chi connectivity index (χ3n) is 4.63. The average molecular weight is 456 g/mol. The molecule has 0 saturated heterocycles. The predicted molar refractivity (Wildman–Crippen MR) is 122 cm³/mol. The molecule has 1 amide bonds. The van der Waals surface area contributed by atoms with Crippen molar-refractivity contribution >= 4 is 52.2 Å². The van der Waals surface area contributed by atoms with Crippen molar-refractivity contribution in [2.75, 3.05) is 0 Å². The lowest BCUT2D eigenvalue weighted by Gasteiger charge is -2.10. The maximum atomic E-state index is 12.9. The quantitative estimate of drug-likeness (QED) is 0.411. The van der Waals surface area contributed by atoms with Crippen molar-refractivity contribution in [2.24, 2.45) is 0 Å². The van der Waals surface area contributed by atoms with Crippen LogP contribution >= 0.6 is 35.4 Å². The molecule has 0 radical (unpaired) electrons. The Morgan fingerprint density at radius 3 is 2.47 bits per heavy atom. The third-order valence-corrected chi connectivity index (χ3v) is 5.65. The number of benzene rings is 3. The first kappa shape index (κ1) is 20.3. The van der Waals surface area contributed by atoms with Crippen molar-refractivity contribution < 1.29 is 4.79 Å². The standard InChI is InChI=1S/C22H15Cl2N3O2S/c23-17-10-5-13(11-18(17)24)12-25-20(28)14-6-8-15(9-7-14)27-21(29)16-3-1-2-4-19(16)26-22(27)30/h1-11H,12H2,(H,25,28)(H,26,30). The molecule has 1 heterocycles. The molecule has 0 aliphatic heterocycles. The zero-order valence-corrected chi connectivity index (χ0v) is 17.8. The minimum absolute atomic E-state index is 0.217. The lowest BCUT2D eigenvalue weighted by atomic mass is 10.1. The number of aromatic nitrogens is 2. The van der Waals surface area contributed by atoms with E-state index in [0.717, 1.165) is 5.56 Å². The molecule has 3 aromatic carbocycles. The fraction of sp³-hybridized carbons (Fsp3) is 0.0455. The number of H-pyrrole nitrogens is 1. The van der Waals surface area contributed by atoms with E-state index in [0.29, 0.717) is 38.7 Å². The lowest BCUT2D eigenvalue weighted by molar-refractivity contribution is 0.0951. The number of aromatic amines is 1. The van der Waals surface area contributed by atoms with Crippen molar-refractivity contribution in [1.29, 1.82) is 0 Å². The zero-order chi connectivity index (χ0) is 21.3. The highest BCUT2D eigenvalue weighted by Crippen LogP contribution is 2.22. The maximum Gasteiger partial charge on any atom is 0.266 e. The van der Waals surface area contributed by atoms with Crippen LogP contribution in [0.15, 0.2) is 71.5 Å². The van der Waals surface area contributed by atoms with Gasteiger partial charge >= 0.3 is 0 Å². The smallest absolute Gasteiger partial charge is 0.266 e. The summed E-state index contributed by atoms with van der Waals surface area (Å²) in [5, 5.41) is 4.27. The summed E-state index contributed by atoms with van der Waals surface area (Å²) in [4.78, 5) is 28.4. The summed E-state index contributed by atoms with van der Waals surface area (Å²) >= 11 is 17.3. The molecule has 8 heteroatoms. The topological polar surface area (TPSA) is 66.9 Å². The molecule has 0 fully saturated rings. The van der Waals surface area contributed by atoms with Gasteiger partial charge in [0.1, 0.15) is 0 Å². The molecule has 0 aliphatic carbocycles. The van der Waals surface area contributed by atoms with Gasteiger partial charge in [-0.3, -0.25) is 14.2 Å². The number of rotatable bonds is 4. The monoisotopic (exact) mass is 455 g/mol. The molecule has 0 unspecified atom stereocenters. The Balaban J connectivity index is 1.56. The molecule has 0 bridgehead atoms. The Labute approximate surface area is 186 Å². The molecular weight excluding hydrogens is 441 g/mol. The SMILES string of the molecule is O=C(NCc1ccc(Cl)c(Cl)c1)c1ccc(-n2c(=S)[nH]c3ccccc3c2=O)cc1. The second-order valence-electron chi connectivity index (χ2n) is 6.59. The van der Waals surface area contributed by atoms with Crippen LogP contribution in [0, 0.1) is 4.77 Å². The van der Waals surface area contributed by atoms with E-state index in [-0.39, 0.29) is 16.2 Å². The minimum atomic E-state index is -0.247. The summed E-state index contributed by atoms with van der Waals surface area (Å²) in [5.41, 5.74) is 2.34. The number of fused-ring (bicyclic) bond motifs is 1. The van der Waals surface area contributed by atoms with Crippen LogP contribution in [-0.2, 0) is 6.54 Å². The highest BCUT2D eigenvalue weighted by Gasteiger charge is 2.10. The number of para-hydroxylation sites is 1. The Morgan fingerprint density at radius 2 is 1.73 bits per heavy atom. The molecule has 2 N–H and O–H groups in total. The van der Waals surface area contributed by atoms with Gasteiger partial charge in [-0.15, -0.1) is 0 Å². The van der Waals surface area contributed by atoms with Crippen LogP contribution in [0.2, 0.25) is 10.0 Å². The highest BCUT2D eigenvalue weighted by atomic mass is 35.5. The lowest BCUT2D eigenvalue weighted by Crippen LogP contribution is -2.23. The van der Waals surface area contributed by atoms with Crippen molar-refractivity contribution in [3.8, 4) is 5.69 Å². The van der Waals surface area contributed by atoms with Crippen molar-refractivity contribution in [1.82, 2.24) is 14.9 Å². The fourth-order valence-corrected chi connectivity index (χ4v) is 3.71. The van der Waals surface area contributed by atoms with Crippen LogP contribution in [0.5, 0.6) is 0 Å². The van der Waals surface area contributed by atoms with Crippen LogP contribution in [0.25, 0.3) is 16.6 Å². The van der Waals surface area contributed by atoms with Crippen LogP contribution in [0.1, 0.15) is 15.9 Å². The Bertz CT molecular complexity index is 1380. The van der Waals surface area contributed by atoms with E-state index in [9.17, 15) is 9.59 Å². The number of hydrogen-bond donors (Lipinski definition) is 2. The largest absolute Gasteiger partial charge is 0.348 e. The Hall–Kier alpha value is -2.93. The normalized spacial score (nSPS) is 10.9. The van der Waals surface area contributed by atoms with Gasteiger partial charge in [-0.25, -0.2) is 0 Å². The highest BCUT2D eigenvalue weighted by molar-refractivity contribution is 7.71. The molecule has 5 nitrogen and oxygen atoms in total. The molecule has 150 valence electrons. The molecule has 0 aliphatic rings. The molecule has 0 saturated carbocycles. The van der Waals surface area contributed by atoms with Crippen molar-refractivity contribution in [2.45, 2.75) is 6.54 Å². The van der Waals surface area contributed by atoms with E-state index in [2.05, 4.69) is 10.3 Å². The summed E-state index contributed by atoms with van der Waals surface area (Å²) in [7, 11) is 0. The predicted octanol–water partition coefficient (Wildman–Crippen LogP) is 5.29. The van der Waals surface area contributed by atoms with Crippen LogP contribution < -0.4 is 10.9 Å². The molecule has 30 heavy (non-hydrogen) atoms. The molecular formula is C22H15Cl2N3O2S. The Kier molecular flexibility index (Phi) is 5.72. The molecule has 4 rings (SSSR count). The van der Waals surface area contributed by atoms with E-state index >= 15 is 0 Å². The first-order valence-corrected chi connectivity index (χ1v) is 10.2. The van der Waals surface area contributed by atoms with Crippen molar-refractivity contribution in [3.63, 3.8) is 0 Å². The van der Waals surface area contributed by atoms with Gasteiger partial charge in [-0.05, 0) is 66.3 Å². The number of amides is 1. The van der Waals surface area contributed by atoms with Gasteiger partial charge in [0.25, 0.3) is 11.5 Å². The van der Waals surface area contributed by atoms with Gasteiger partial charge in [0, 0.05) is 12.1 Å². The number of halogens is 2. The van der Waals surface area contributed by atoms with Gasteiger partial charge in [0.05, 0.1) is 26.6 Å². The first-order valence-electron chi connectivity index (χ1n) is 9.01. The summed E-state index contributed by atoms with van der Waals surface area (Å²) < 4.78 is 1.70. The van der Waals surface area contributed by atoms with E-state index < -0.39 is 0 Å². The summed E-state index contributed by atoms with van der Waals surface area (Å²) in [6.07, 6.45) is 0. The Morgan fingerprint density at radius 1 is 1.00 bits per heavy atom. The van der Waals surface area contributed by atoms with Gasteiger partial charge < -0.3 is 10.3 Å². The molecule has 4 aromatic rings. The van der Waals surface area contributed by atoms with E-state index in [4.69, 9.17) is 35.4 Å². The molecule has 0 atom stereocenters. The molecule has 1 aromatic heterocycles. The number of nitrogens with zero attached hydrogens (tertiary/aromatic N) is 1. The van der Waals surface area contributed by atoms with E-state index in [1.165, 1.54) is 4.57 Å². The van der Waals surface area contributed by atoms with Crippen molar-refractivity contribution in [3.05, 3.63) is 103 Å². The zero-order valence-electron chi connectivity index (χ0n) is 15.5. The summed E-state index contributed by atoms with van der Waals surface area (Å²) in [6.45, 7) is 0.312. The van der Waals surface area contributed by atoms with Gasteiger partial charge in [0.2, 0.25) is 0 Å².